The van der Waals surface area contributed by atoms with Crippen LogP contribution in [-0.2, 0) is 40.4 Å². The quantitative estimate of drug-likeness (QED) is 0.589. The standard InChI is InChI=1S/C15H19N3OS.2C2HF3O2/c1-11-17-14(10-20-11)8-18-4-3-15-12(7-18)5-16-6-13(15)9-19-2;2*3-2(4,5)1(6)7/h5-6,10H,3-4,7-9H2,1-2H3;2*(H,6,7). The van der Waals surface area contributed by atoms with Gasteiger partial charge in [-0.3, -0.25) is 9.88 Å². The van der Waals surface area contributed by atoms with Crippen molar-refractivity contribution in [2.24, 2.45) is 0 Å². The molecule has 0 saturated heterocycles. The van der Waals surface area contributed by atoms with Crippen LogP contribution in [0.15, 0.2) is 17.8 Å². The van der Waals surface area contributed by atoms with E-state index in [4.69, 9.17) is 24.5 Å². The molecule has 0 amide bonds. The van der Waals surface area contributed by atoms with Crippen LogP contribution < -0.4 is 0 Å². The molecule has 190 valence electrons. The molecule has 0 radical (unpaired) electrons. The van der Waals surface area contributed by atoms with Gasteiger partial charge in [-0.05, 0) is 30.0 Å². The van der Waals surface area contributed by atoms with Crippen LogP contribution in [0.1, 0.15) is 27.4 Å². The van der Waals surface area contributed by atoms with Crippen molar-refractivity contribution in [1.29, 1.82) is 0 Å². The lowest BCUT2D eigenvalue weighted by atomic mass is 9.97. The fraction of sp³-hybridized carbons (Fsp3) is 0.474. The number of hydrogen-bond donors (Lipinski definition) is 2. The van der Waals surface area contributed by atoms with Gasteiger partial charge in [0.2, 0.25) is 0 Å². The number of pyridine rings is 1. The molecular formula is C19H21F6N3O5S. The Balaban J connectivity index is 0.000000343. The summed E-state index contributed by atoms with van der Waals surface area (Å²) < 4.78 is 68.7. The second kappa shape index (κ2) is 12.6. The number of alkyl halides is 6. The highest BCUT2D eigenvalue weighted by Crippen LogP contribution is 2.23. The predicted octanol–water partition coefficient (Wildman–Crippen LogP) is 3.82. The van der Waals surface area contributed by atoms with Crippen LogP contribution in [0.25, 0.3) is 0 Å². The number of rotatable bonds is 4. The first-order chi connectivity index (χ1) is 15.6. The van der Waals surface area contributed by atoms with Crippen molar-refractivity contribution < 1.29 is 50.9 Å². The predicted molar refractivity (Wildman–Crippen MR) is 107 cm³/mol. The Morgan fingerprint density at radius 2 is 1.68 bits per heavy atom. The van der Waals surface area contributed by atoms with Crippen LogP contribution in [0.2, 0.25) is 0 Å². The summed E-state index contributed by atoms with van der Waals surface area (Å²) in [7, 11) is 1.74. The fourth-order valence-electron chi connectivity index (χ4n) is 2.75. The largest absolute Gasteiger partial charge is 0.490 e. The summed E-state index contributed by atoms with van der Waals surface area (Å²) >= 11 is 1.72. The van der Waals surface area contributed by atoms with Crippen molar-refractivity contribution in [2.75, 3.05) is 13.7 Å². The third-order valence-electron chi connectivity index (χ3n) is 4.14. The molecule has 15 heteroatoms. The maximum atomic E-state index is 10.6. The van der Waals surface area contributed by atoms with E-state index in [-0.39, 0.29) is 0 Å². The van der Waals surface area contributed by atoms with E-state index in [1.807, 2.05) is 12.4 Å². The molecule has 2 aromatic rings. The SMILES string of the molecule is COCc1cncc2c1CCN(Cc1csc(C)n1)C2.O=C(O)C(F)(F)F.O=C(O)C(F)(F)F. The maximum absolute atomic E-state index is 10.6. The zero-order valence-corrected chi connectivity index (χ0v) is 18.7. The number of carboxylic acids is 2. The Morgan fingerprint density at radius 1 is 1.12 bits per heavy atom. The molecule has 8 nitrogen and oxygen atoms in total. The summed E-state index contributed by atoms with van der Waals surface area (Å²) in [6, 6.07) is 0. The monoisotopic (exact) mass is 517 g/mol. The van der Waals surface area contributed by atoms with Gasteiger partial charge in [-0.2, -0.15) is 26.3 Å². The molecule has 0 bridgehead atoms. The lowest BCUT2D eigenvalue weighted by Gasteiger charge is -2.29. The highest BCUT2D eigenvalue weighted by Gasteiger charge is 2.38. The zero-order chi connectivity index (χ0) is 26.1. The number of halogens is 6. The van der Waals surface area contributed by atoms with Crippen LogP contribution in [0.5, 0.6) is 0 Å². The molecule has 0 aromatic carbocycles. The van der Waals surface area contributed by atoms with Gasteiger partial charge >= 0.3 is 24.3 Å². The molecule has 0 aliphatic carbocycles. The van der Waals surface area contributed by atoms with Crippen LogP contribution in [0.3, 0.4) is 0 Å². The fourth-order valence-corrected chi connectivity index (χ4v) is 3.36. The number of hydrogen-bond acceptors (Lipinski definition) is 7. The number of carboxylic acid groups (broad SMARTS) is 2. The van der Waals surface area contributed by atoms with Gasteiger partial charge in [0, 0.05) is 44.5 Å². The second-order valence-corrected chi connectivity index (χ2v) is 7.86. The van der Waals surface area contributed by atoms with E-state index < -0.39 is 24.3 Å². The summed E-state index contributed by atoms with van der Waals surface area (Å²) in [5.74, 6) is -5.51. The van der Waals surface area contributed by atoms with E-state index in [1.165, 1.54) is 22.4 Å². The molecule has 1 aliphatic heterocycles. The van der Waals surface area contributed by atoms with Crippen molar-refractivity contribution in [3.05, 3.63) is 45.2 Å². The molecule has 0 unspecified atom stereocenters. The van der Waals surface area contributed by atoms with E-state index in [1.54, 1.807) is 18.4 Å². The van der Waals surface area contributed by atoms with Crippen molar-refractivity contribution >= 4 is 23.3 Å². The van der Waals surface area contributed by atoms with E-state index in [0.717, 1.165) is 31.1 Å². The highest BCUT2D eigenvalue weighted by atomic mass is 32.1. The minimum atomic E-state index is -5.08. The number of aryl methyl sites for hydroxylation is 1. The Hall–Kier alpha value is -2.78. The van der Waals surface area contributed by atoms with E-state index >= 15 is 0 Å². The van der Waals surface area contributed by atoms with Crippen molar-refractivity contribution in [1.82, 2.24) is 14.9 Å². The molecule has 3 rings (SSSR count). The van der Waals surface area contributed by atoms with Gasteiger partial charge < -0.3 is 14.9 Å². The molecule has 3 heterocycles. The number of thiazole rings is 1. The molecule has 34 heavy (non-hydrogen) atoms. The van der Waals surface area contributed by atoms with Gasteiger partial charge in [0.05, 0.1) is 17.3 Å². The Morgan fingerprint density at radius 3 is 2.12 bits per heavy atom. The third kappa shape index (κ3) is 10.0. The number of aromatic nitrogens is 2. The normalized spacial score (nSPS) is 13.6. The van der Waals surface area contributed by atoms with Gasteiger partial charge in [-0.1, -0.05) is 0 Å². The second-order valence-electron chi connectivity index (χ2n) is 6.79. The molecule has 0 atom stereocenters. The van der Waals surface area contributed by atoms with Crippen molar-refractivity contribution in [3.63, 3.8) is 0 Å². The molecule has 2 N–H and O–H groups in total. The van der Waals surface area contributed by atoms with Crippen LogP contribution in [0, 0.1) is 6.92 Å². The van der Waals surface area contributed by atoms with Gasteiger partial charge in [0.15, 0.2) is 0 Å². The van der Waals surface area contributed by atoms with Crippen LogP contribution in [0.4, 0.5) is 26.3 Å². The topological polar surface area (TPSA) is 113 Å². The summed E-state index contributed by atoms with van der Waals surface area (Å²) in [6.45, 7) is 5.67. The van der Waals surface area contributed by atoms with Gasteiger partial charge in [-0.25, -0.2) is 14.6 Å². The average molecular weight is 517 g/mol. The van der Waals surface area contributed by atoms with Crippen molar-refractivity contribution in [2.45, 2.75) is 45.4 Å². The van der Waals surface area contributed by atoms with Crippen LogP contribution >= 0.6 is 11.3 Å². The number of nitrogens with zero attached hydrogens (tertiary/aromatic N) is 3. The van der Waals surface area contributed by atoms with Gasteiger partial charge in [0.25, 0.3) is 0 Å². The smallest absolute Gasteiger partial charge is 0.475 e. The number of ether oxygens (including phenoxy) is 1. The van der Waals surface area contributed by atoms with Crippen molar-refractivity contribution in [3.8, 4) is 0 Å². The Labute approximate surface area is 193 Å². The Kier molecular flexibility index (Phi) is 10.9. The molecular weight excluding hydrogens is 496 g/mol. The molecule has 1 aliphatic rings. The average Bonchev–Trinajstić information content (AvgIpc) is 3.12. The maximum Gasteiger partial charge on any atom is 0.490 e. The number of aliphatic carboxylic acids is 2. The third-order valence-corrected chi connectivity index (χ3v) is 4.97. The number of carbonyl (C=O) groups is 2. The summed E-state index contributed by atoms with van der Waals surface area (Å²) in [5, 5.41) is 17.5. The van der Waals surface area contributed by atoms with E-state index in [2.05, 4.69) is 27.2 Å². The summed E-state index contributed by atoms with van der Waals surface area (Å²) in [4.78, 5) is 29.1. The van der Waals surface area contributed by atoms with Gasteiger partial charge in [-0.15, -0.1) is 11.3 Å². The summed E-state index contributed by atoms with van der Waals surface area (Å²) in [5.41, 5.74) is 5.16. The van der Waals surface area contributed by atoms with E-state index in [9.17, 15) is 26.3 Å². The molecule has 0 spiro atoms. The minimum absolute atomic E-state index is 0.654. The lowest BCUT2D eigenvalue weighted by Crippen LogP contribution is -2.31. The first-order valence-corrected chi connectivity index (χ1v) is 10.2. The molecule has 0 saturated carbocycles. The van der Waals surface area contributed by atoms with Gasteiger partial charge in [0.1, 0.15) is 0 Å². The summed E-state index contributed by atoms with van der Waals surface area (Å²) in [6.07, 6.45) is -5.17. The minimum Gasteiger partial charge on any atom is -0.475 e. The van der Waals surface area contributed by atoms with E-state index in [0.29, 0.717) is 6.61 Å². The Bertz CT molecular complexity index is 941. The lowest BCUT2D eigenvalue weighted by molar-refractivity contribution is -0.193. The highest BCUT2D eigenvalue weighted by molar-refractivity contribution is 7.09. The first-order valence-electron chi connectivity index (χ1n) is 9.32. The zero-order valence-electron chi connectivity index (χ0n) is 17.9. The molecule has 2 aromatic heterocycles. The number of methoxy groups -OCH3 is 1. The first kappa shape index (κ1) is 29.3. The number of fused-ring (bicyclic) bond motifs is 1. The molecule has 0 fully saturated rings. The van der Waals surface area contributed by atoms with Crippen LogP contribution in [-0.4, -0.2) is 63.0 Å².